The zero-order chi connectivity index (χ0) is 45.0. The van der Waals surface area contributed by atoms with Gasteiger partial charge in [0, 0.05) is 12.8 Å². The molecule has 9 heteroatoms. The van der Waals surface area contributed by atoms with E-state index in [2.05, 4.69) is 135 Å². The maximum absolute atomic E-state index is 12.7. The standard InChI is InChI=1S/C52H80NO7P/c1-6-8-10-12-14-16-18-20-22-24-26-28-30-32-34-36-38-40-42-44-51(54)58-48-50(49-59-61(56,57)47-46-53(3,4)5)60-52(55)45-43-41-39-37-35-33-31-29-27-25-23-21-19-17-15-13-11-9-7-2/h8-11,14-17,20-23,26-29,32-35,38-41,50H,6-7,12-13,18-19,24-25,30-31,36-37,42-49H2,1-5H3/p+1/b10-8+,11-9+,16-14+,17-15+,22-20+,23-21+,28-26+,29-27+,34-32+,35-33+,40-38+,41-39+. The van der Waals surface area contributed by atoms with Crippen molar-refractivity contribution in [1.82, 2.24) is 0 Å². The maximum Gasteiger partial charge on any atom is 0.333 e. The Bertz CT molecular complexity index is 1530. The van der Waals surface area contributed by atoms with Crippen molar-refractivity contribution in [3.8, 4) is 0 Å². The van der Waals surface area contributed by atoms with E-state index in [-0.39, 0.29) is 32.2 Å². The third-order valence-electron chi connectivity index (χ3n) is 8.47. The molecule has 0 aliphatic heterocycles. The van der Waals surface area contributed by atoms with Crippen molar-refractivity contribution in [2.75, 3.05) is 47.1 Å². The lowest BCUT2D eigenvalue weighted by atomic mass is 10.2. The Balaban J connectivity index is 4.59. The predicted molar refractivity (Wildman–Crippen MR) is 259 cm³/mol. The van der Waals surface area contributed by atoms with E-state index in [1.165, 1.54) is 0 Å². The highest BCUT2D eigenvalue weighted by molar-refractivity contribution is 7.52. The lowest BCUT2D eigenvalue weighted by Gasteiger charge is -2.25. The van der Waals surface area contributed by atoms with E-state index in [0.29, 0.717) is 23.9 Å². The molecule has 2 unspecified atom stereocenters. The molecule has 2 atom stereocenters. The summed E-state index contributed by atoms with van der Waals surface area (Å²) in [6.45, 7) is 4.09. The number of carbonyl (C=O) groups excluding carboxylic acids is 2. The molecule has 0 spiro atoms. The van der Waals surface area contributed by atoms with Crippen molar-refractivity contribution < 1.29 is 37.5 Å². The minimum absolute atomic E-state index is 0.0500. The normalized spacial score (nSPS) is 14.9. The summed E-state index contributed by atoms with van der Waals surface area (Å²) in [4.78, 5) is 35.5. The molecular weight excluding hydrogens is 782 g/mol. The maximum atomic E-state index is 12.7. The highest BCUT2D eigenvalue weighted by atomic mass is 31.2. The number of carbonyl (C=O) groups is 2. The molecule has 0 fully saturated rings. The Morgan fingerprint density at radius 2 is 0.803 bits per heavy atom. The van der Waals surface area contributed by atoms with E-state index < -0.39 is 25.6 Å². The molecule has 0 heterocycles. The molecule has 0 saturated carbocycles. The van der Waals surface area contributed by atoms with Crippen LogP contribution in [0.5, 0.6) is 0 Å². The molecule has 0 bridgehead atoms. The van der Waals surface area contributed by atoms with Crippen LogP contribution in [0.25, 0.3) is 0 Å². The number of hydrogen-bond donors (Lipinski definition) is 1. The first-order valence-corrected chi connectivity index (χ1v) is 24.2. The van der Waals surface area contributed by atoms with Gasteiger partial charge in [0.25, 0.3) is 0 Å². The number of ether oxygens (including phenoxy) is 2. The van der Waals surface area contributed by atoms with Gasteiger partial charge in [0.05, 0.1) is 40.5 Å². The van der Waals surface area contributed by atoms with Crippen molar-refractivity contribution in [1.29, 1.82) is 0 Å². The summed E-state index contributed by atoms with van der Waals surface area (Å²) in [5.74, 6) is -0.947. The van der Waals surface area contributed by atoms with Crippen LogP contribution in [-0.4, -0.2) is 74.5 Å². The van der Waals surface area contributed by atoms with Gasteiger partial charge in [-0.15, -0.1) is 0 Å². The minimum Gasteiger partial charge on any atom is -0.462 e. The van der Waals surface area contributed by atoms with E-state index >= 15 is 0 Å². The smallest absolute Gasteiger partial charge is 0.333 e. The lowest BCUT2D eigenvalue weighted by Crippen LogP contribution is -2.37. The molecule has 0 saturated heterocycles. The first kappa shape index (κ1) is 56.9. The van der Waals surface area contributed by atoms with Gasteiger partial charge in [-0.25, -0.2) is 0 Å². The molecule has 0 aromatic heterocycles. The molecule has 340 valence electrons. The average molecular weight is 863 g/mol. The Morgan fingerprint density at radius 3 is 1.13 bits per heavy atom. The number of nitrogens with zero attached hydrogens (tertiary/aromatic N) is 1. The SMILES string of the molecule is CC/C=C/C/C=C/C/C=C/C/C=C/C/C=C/C/C=C/CCC(=O)OCC(COP(=O)(O)CC[N+](C)(C)C)OC(=O)CC/C=C/C/C=C/C/C=C/C/C=C/C/C=C/C/C=C/CC. The van der Waals surface area contributed by atoms with Crippen LogP contribution in [0.4, 0.5) is 0 Å². The molecule has 0 amide bonds. The van der Waals surface area contributed by atoms with Crippen LogP contribution in [0, 0.1) is 0 Å². The monoisotopic (exact) mass is 863 g/mol. The van der Waals surface area contributed by atoms with Gasteiger partial charge in [-0.1, -0.05) is 160 Å². The molecule has 61 heavy (non-hydrogen) atoms. The second-order valence-electron chi connectivity index (χ2n) is 15.4. The van der Waals surface area contributed by atoms with Crippen LogP contribution >= 0.6 is 7.60 Å². The van der Waals surface area contributed by atoms with Gasteiger partial charge in [-0.05, 0) is 89.9 Å². The molecule has 0 aromatic rings. The van der Waals surface area contributed by atoms with Crippen LogP contribution in [0.1, 0.15) is 117 Å². The predicted octanol–water partition coefficient (Wildman–Crippen LogP) is 13.3. The number of rotatable bonds is 37. The third-order valence-corrected chi connectivity index (χ3v) is 9.78. The van der Waals surface area contributed by atoms with Gasteiger partial charge >= 0.3 is 19.5 Å². The van der Waals surface area contributed by atoms with Crippen LogP contribution in [-0.2, 0) is 28.2 Å². The Labute approximate surface area is 371 Å². The second kappa shape index (κ2) is 41.3. The number of hydrogen-bond acceptors (Lipinski definition) is 6. The fourth-order valence-corrected chi connectivity index (χ4v) is 6.37. The summed E-state index contributed by atoms with van der Waals surface area (Å²) in [5.41, 5.74) is 0. The number of esters is 2. The minimum atomic E-state index is -3.94. The van der Waals surface area contributed by atoms with E-state index in [1.54, 1.807) is 0 Å². The molecular formula is C52H81NO7P+. The van der Waals surface area contributed by atoms with Gasteiger partial charge in [0.2, 0.25) is 0 Å². The zero-order valence-electron chi connectivity index (χ0n) is 38.4. The van der Waals surface area contributed by atoms with E-state index in [0.717, 1.165) is 77.0 Å². The highest BCUT2D eigenvalue weighted by Crippen LogP contribution is 2.42. The van der Waals surface area contributed by atoms with Crippen molar-refractivity contribution >= 4 is 19.5 Å². The lowest BCUT2D eigenvalue weighted by molar-refractivity contribution is -0.867. The van der Waals surface area contributed by atoms with Crippen LogP contribution in [0.2, 0.25) is 0 Å². The fourth-order valence-electron chi connectivity index (χ4n) is 4.99. The quantitative estimate of drug-likeness (QED) is 0.0287. The molecule has 0 aromatic carbocycles. The Kier molecular flexibility index (Phi) is 38.5. The van der Waals surface area contributed by atoms with Crippen molar-refractivity contribution in [2.24, 2.45) is 0 Å². The van der Waals surface area contributed by atoms with Gasteiger partial charge < -0.3 is 23.4 Å². The molecule has 0 aliphatic rings. The van der Waals surface area contributed by atoms with Crippen LogP contribution in [0.3, 0.4) is 0 Å². The first-order valence-electron chi connectivity index (χ1n) is 22.4. The molecule has 8 nitrogen and oxygen atoms in total. The van der Waals surface area contributed by atoms with E-state index in [1.807, 2.05) is 45.4 Å². The first-order chi connectivity index (χ1) is 29.5. The van der Waals surface area contributed by atoms with Crippen molar-refractivity contribution in [3.05, 3.63) is 146 Å². The van der Waals surface area contributed by atoms with Gasteiger partial charge in [0.1, 0.15) is 6.61 Å². The van der Waals surface area contributed by atoms with Gasteiger partial charge in [-0.3, -0.25) is 14.2 Å². The number of allylic oxidation sites excluding steroid dienone is 24. The zero-order valence-corrected chi connectivity index (χ0v) is 39.3. The van der Waals surface area contributed by atoms with Gasteiger partial charge in [0.15, 0.2) is 6.10 Å². The molecule has 0 aliphatic carbocycles. The van der Waals surface area contributed by atoms with Gasteiger partial charge in [-0.2, -0.15) is 0 Å². The van der Waals surface area contributed by atoms with Crippen LogP contribution < -0.4 is 0 Å². The van der Waals surface area contributed by atoms with Crippen molar-refractivity contribution in [2.45, 2.75) is 123 Å². The average Bonchev–Trinajstić information content (AvgIpc) is 3.22. The molecule has 0 radical (unpaired) electrons. The fraction of sp³-hybridized carbons (Fsp3) is 0.500. The largest absolute Gasteiger partial charge is 0.462 e. The summed E-state index contributed by atoms with van der Waals surface area (Å²) in [5, 5.41) is 0. The van der Waals surface area contributed by atoms with E-state index in [9.17, 15) is 19.0 Å². The van der Waals surface area contributed by atoms with E-state index in [4.69, 9.17) is 14.0 Å². The number of quaternary nitrogens is 1. The summed E-state index contributed by atoms with van der Waals surface area (Å²) in [6, 6.07) is 0. The Morgan fingerprint density at radius 1 is 0.492 bits per heavy atom. The van der Waals surface area contributed by atoms with Crippen molar-refractivity contribution in [3.63, 3.8) is 0 Å². The summed E-state index contributed by atoms with van der Waals surface area (Å²) in [7, 11) is 1.81. The summed E-state index contributed by atoms with van der Waals surface area (Å²) >= 11 is 0. The Hall–Kier alpha value is -4.07. The van der Waals surface area contributed by atoms with Crippen LogP contribution in [0.15, 0.2) is 146 Å². The topological polar surface area (TPSA) is 99.1 Å². The third kappa shape index (κ3) is 45.3. The summed E-state index contributed by atoms with van der Waals surface area (Å²) in [6.07, 6.45) is 62.5. The molecule has 0 rings (SSSR count). The second-order valence-corrected chi connectivity index (χ2v) is 17.4. The molecule has 1 N–H and O–H groups in total. The summed E-state index contributed by atoms with van der Waals surface area (Å²) < 4.78 is 29.5. The highest BCUT2D eigenvalue weighted by Gasteiger charge is 2.27.